The summed E-state index contributed by atoms with van der Waals surface area (Å²) in [6.45, 7) is 2.55. The van der Waals surface area contributed by atoms with Crippen molar-refractivity contribution in [1.82, 2.24) is 9.97 Å². The second kappa shape index (κ2) is 10.5. The summed E-state index contributed by atoms with van der Waals surface area (Å²) in [5.41, 5.74) is 5.89. The van der Waals surface area contributed by atoms with E-state index in [1.165, 1.54) is 12.3 Å². The summed E-state index contributed by atoms with van der Waals surface area (Å²) in [6, 6.07) is 11.5. The van der Waals surface area contributed by atoms with Gasteiger partial charge in [0.1, 0.15) is 19.2 Å². The fourth-order valence-corrected chi connectivity index (χ4v) is 1.82. The van der Waals surface area contributed by atoms with E-state index in [0.717, 1.165) is 5.56 Å². The number of aromatic amines is 1. The van der Waals surface area contributed by atoms with E-state index >= 15 is 0 Å². The first-order valence-electron chi connectivity index (χ1n) is 7.47. The molecule has 0 aliphatic carbocycles. The molecule has 0 saturated carbocycles. The van der Waals surface area contributed by atoms with Gasteiger partial charge in [-0.1, -0.05) is 30.3 Å². The zero-order valence-corrected chi connectivity index (χ0v) is 13.2. The highest BCUT2D eigenvalue weighted by atomic mass is 16.7. The highest BCUT2D eigenvalue weighted by Crippen LogP contribution is 2.04. The van der Waals surface area contributed by atoms with Crippen LogP contribution in [0.25, 0.3) is 0 Å². The van der Waals surface area contributed by atoms with Crippen molar-refractivity contribution in [3.63, 3.8) is 0 Å². The van der Waals surface area contributed by atoms with Gasteiger partial charge in [0.15, 0.2) is 6.29 Å². The van der Waals surface area contributed by atoms with Crippen LogP contribution in [0.2, 0.25) is 0 Å². The molecular formula is C16H21N3O5. The maximum Gasteiger partial charge on any atom is 0.346 e. The molecule has 24 heavy (non-hydrogen) atoms. The SMILES string of the molecule is Nc1ccnc(=O)[nH]1.c1ccc(COCOCC2OCCO2)cc1. The van der Waals surface area contributed by atoms with Gasteiger partial charge in [0.2, 0.25) is 0 Å². The highest BCUT2D eigenvalue weighted by molar-refractivity contribution is 5.22. The number of benzene rings is 1. The molecule has 0 bridgehead atoms. The van der Waals surface area contributed by atoms with Crippen LogP contribution < -0.4 is 11.4 Å². The molecule has 1 aromatic heterocycles. The third kappa shape index (κ3) is 7.34. The van der Waals surface area contributed by atoms with Gasteiger partial charge in [0.05, 0.1) is 19.8 Å². The number of H-pyrrole nitrogens is 1. The number of nitrogen functional groups attached to an aromatic ring is 1. The van der Waals surface area contributed by atoms with Crippen molar-refractivity contribution in [2.24, 2.45) is 0 Å². The molecule has 0 atom stereocenters. The quantitative estimate of drug-likeness (QED) is 0.596. The molecule has 0 unspecified atom stereocenters. The minimum Gasteiger partial charge on any atom is -0.385 e. The minimum absolute atomic E-state index is 0.222. The highest BCUT2D eigenvalue weighted by Gasteiger charge is 2.15. The first-order valence-corrected chi connectivity index (χ1v) is 7.47. The first kappa shape index (κ1) is 18.1. The van der Waals surface area contributed by atoms with Gasteiger partial charge >= 0.3 is 5.69 Å². The Morgan fingerprint density at radius 3 is 2.54 bits per heavy atom. The summed E-state index contributed by atoms with van der Waals surface area (Å²) >= 11 is 0. The van der Waals surface area contributed by atoms with Gasteiger partial charge in [-0.05, 0) is 11.6 Å². The second-order valence-corrected chi connectivity index (χ2v) is 4.82. The van der Waals surface area contributed by atoms with Crippen LogP contribution in [0, 0.1) is 0 Å². The summed E-state index contributed by atoms with van der Waals surface area (Å²) in [6.07, 6.45) is 1.13. The maximum atomic E-state index is 10.2. The lowest BCUT2D eigenvalue weighted by molar-refractivity contribution is -0.138. The van der Waals surface area contributed by atoms with Gasteiger partial charge in [0.25, 0.3) is 0 Å². The number of rotatable bonds is 6. The third-order valence-electron chi connectivity index (χ3n) is 2.92. The van der Waals surface area contributed by atoms with E-state index in [1.807, 2.05) is 30.3 Å². The lowest BCUT2D eigenvalue weighted by atomic mass is 10.2. The Morgan fingerprint density at radius 2 is 1.92 bits per heavy atom. The van der Waals surface area contributed by atoms with E-state index in [-0.39, 0.29) is 13.1 Å². The van der Waals surface area contributed by atoms with Crippen LogP contribution >= 0.6 is 0 Å². The van der Waals surface area contributed by atoms with Crippen molar-refractivity contribution < 1.29 is 18.9 Å². The molecule has 1 saturated heterocycles. The molecule has 8 heteroatoms. The molecule has 1 fully saturated rings. The molecule has 3 rings (SSSR count). The lowest BCUT2D eigenvalue weighted by Crippen LogP contribution is -2.17. The molecule has 8 nitrogen and oxygen atoms in total. The Kier molecular flexibility index (Phi) is 7.91. The van der Waals surface area contributed by atoms with E-state index in [2.05, 4.69) is 9.97 Å². The molecule has 0 amide bonds. The fourth-order valence-electron chi connectivity index (χ4n) is 1.82. The molecule has 0 radical (unpaired) electrons. The average Bonchev–Trinajstić information content (AvgIpc) is 3.09. The van der Waals surface area contributed by atoms with E-state index in [4.69, 9.17) is 24.7 Å². The molecule has 1 aliphatic rings. The van der Waals surface area contributed by atoms with Crippen LogP contribution in [0.3, 0.4) is 0 Å². The lowest BCUT2D eigenvalue weighted by Gasteiger charge is -2.09. The van der Waals surface area contributed by atoms with Gasteiger partial charge in [-0.15, -0.1) is 0 Å². The average molecular weight is 335 g/mol. The normalized spacial score (nSPS) is 14.2. The van der Waals surface area contributed by atoms with Crippen molar-refractivity contribution in [3.8, 4) is 0 Å². The molecule has 1 aliphatic heterocycles. The van der Waals surface area contributed by atoms with Crippen LogP contribution in [-0.2, 0) is 25.6 Å². The van der Waals surface area contributed by atoms with Crippen LogP contribution in [0.5, 0.6) is 0 Å². The smallest absolute Gasteiger partial charge is 0.346 e. The standard InChI is InChI=1S/C12H16O4.C4H5N3O/c1-2-4-11(5-3-1)8-13-10-14-9-12-15-6-7-16-12;5-3-1-2-6-4(8)7-3/h1-5,12H,6-10H2;1-2H,(H3,5,6,7,8). The molecule has 130 valence electrons. The Hall–Kier alpha value is -2.26. The summed E-state index contributed by atoms with van der Waals surface area (Å²) in [5.74, 6) is 0.338. The van der Waals surface area contributed by atoms with Gasteiger partial charge in [-0.25, -0.2) is 9.78 Å². The number of nitrogens with one attached hydrogen (secondary N) is 1. The van der Waals surface area contributed by atoms with E-state index in [1.54, 1.807) is 0 Å². The Bertz CT molecular complexity index is 629. The monoisotopic (exact) mass is 335 g/mol. The third-order valence-corrected chi connectivity index (χ3v) is 2.92. The van der Waals surface area contributed by atoms with Crippen LogP contribution in [0.1, 0.15) is 5.56 Å². The first-order chi connectivity index (χ1) is 11.7. The second-order valence-electron chi connectivity index (χ2n) is 4.82. The van der Waals surface area contributed by atoms with E-state index in [0.29, 0.717) is 32.2 Å². The Labute approximate surface area is 139 Å². The van der Waals surface area contributed by atoms with Crippen LogP contribution in [-0.4, -0.2) is 42.9 Å². The van der Waals surface area contributed by atoms with Crippen LogP contribution in [0.4, 0.5) is 5.82 Å². The van der Waals surface area contributed by atoms with Crippen molar-refractivity contribution in [2.75, 3.05) is 32.3 Å². The maximum absolute atomic E-state index is 10.2. The van der Waals surface area contributed by atoms with Gasteiger partial charge in [-0.3, -0.25) is 4.98 Å². The van der Waals surface area contributed by atoms with Crippen LogP contribution in [0.15, 0.2) is 47.4 Å². The molecule has 1 aromatic carbocycles. The van der Waals surface area contributed by atoms with Crippen molar-refractivity contribution in [1.29, 1.82) is 0 Å². The predicted octanol–water partition coefficient (Wildman–Crippen LogP) is 0.902. The minimum atomic E-state index is -0.412. The van der Waals surface area contributed by atoms with Gasteiger partial charge < -0.3 is 24.7 Å². The summed E-state index contributed by atoms with van der Waals surface area (Å²) < 4.78 is 21.0. The molecule has 2 aromatic rings. The van der Waals surface area contributed by atoms with Crippen molar-refractivity contribution in [3.05, 3.63) is 58.6 Å². The summed E-state index contributed by atoms with van der Waals surface area (Å²) in [7, 11) is 0. The van der Waals surface area contributed by atoms with Gasteiger partial charge in [-0.2, -0.15) is 0 Å². The zero-order valence-electron chi connectivity index (χ0n) is 13.2. The molecular weight excluding hydrogens is 314 g/mol. The molecule has 3 N–H and O–H groups in total. The number of hydrogen-bond donors (Lipinski definition) is 2. The molecule has 0 spiro atoms. The largest absolute Gasteiger partial charge is 0.385 e. The number of hydrogen-bond acceptors (Lipinski definition) is 7. The summed E-state index contributed by atoms with van der Waals surface area (Å²) in [5, 5.41) is 0. The van der Waals surface area contributed by atoms with Gasteiger partial charge in [0, 0.05) is 6.20 Å². The number of ether oxygens (including phenoxy) is 4. The zero-order chi connectivity index (χ0) is 17.0. The Morgan fingerprint density at radius 1 is 1.17 bits per heavy atom. The summed E-state index contributed by atoms with van der Waals surface area (Å²) in [4.78, 5) is 15.9. The fraction of sp³-hybridized carbons (Fsp3) is 0.375. The molecule has 2 heterocycles. The number of nitrogens with zero attached hydrogens (tertiary/aromatic N) is 1. The predicted molar refractivity (Wildman–Crippen MR) is 87.0 cm³/mol. The van der Waals surface area contributed by atoms with E-state index in [9.17, 15) is 4.79 Å². The number of anilines is 1. The van der Waals surface area contributed by atoms with E-state index < -0.39 is 5.69 Å². The number of aromatic nitrogens is 2. The Balaban J connectivity index is 0.000000219. The van der Waals surface area contributed by atoms with Crippen molar-refractivity contribution >= 4 is 5.82 Å². The topological polar surface area (TPSA) is 109 Å². The number of nitrogens with two attached hydrogens (primary N) is 1. The van der Waals surface area contributed by atoms with Crippen molar-refractivity contribution in [2.45, 2.75) is 12.9 Å².